The third-order valence-electron chi connectivity index (χ3n) is 4.17. The molecule has 1 heterocycles. The summed E-state index contributed by atoms with van der Waals surface area (Å²) < 4.78 is 27.3. The van der Waals surface area contributed by atoms with Crippen molar-refractivity contribution in [1.29, 1.82) is 0 Å². The first-order valence-electron chi connectivity index (χ1n) is 9.94. The summed E-state index contributed by atoms with van der Waals surface area (Å²) in [6, 6.07) is 0. The summed E-state index contributed by atoms with van der Waals surface area (Å²) in [5.74, 6) is -0.0690. The Morgan fingerprint density at radius 1 is 0.857 bits per heavy atom. The van der Waals surface area contributed by atoms with Gasteiger partial charge in [0.05, 0.1) is 31.8 Å². The molecule has 1 radical (unpaired) electrons. The van der Waals surface area contributed by atoms with E-state index in [4.69, 9.17) is 25.5 Å². The fourth-order valence-corrected chi connectivity index (χ4v) is 3.67. The largest absolute Gasteiger partial charge is 0.504 e. The van der Waals surface area contributed by atoms with Gasteiger partial charge in [0.25, 0.3) is 0 Å². The molecule has 1 fully saturated rings. The first-order valence-corrected chi connectivity index (χ1v) is 11.9. The zero-order valence-electron chi connectivity index (χ0n) is 17.0. The van der Waals surface area contributed by atoms with E-state index >= 15 is 0 Å². The maximum atomic E-state index is 12.5. The molecule has 8 nitrogen and oxygen atoms in total. The van der Waals surface area contributed by atoms with Crippen LogP contribution in [0.1, 0.15) is 77.0 Å². The summed E-state index contributed by atoms with van der Waals surface area (Å²) in [5.41, 5.74) is 0. The molecule has 2 atom stereocenters. The van der Waals surface area contributed by atoms with E-state index in [-0.39, 0.29) is 48.7 Å². The number of phosphoric acid groups is 1. The Balaban J connectivity index is 0.00000729. The molecule has 0 aromatic carbocycles. The van der Waals surface area contributed by atoms with Crippen LogP contribution < -0.4 is 0 Å². The van der Waals surface area contributed by atoms with Crippen LogP contribution in [0.5, 0.6) is 0 Å². The predicted molar refractivity (Wildman–Crippen MR) is 107 cm³/mol. The maximum absolute atomic E-state index is 12.5. The molecule has 0 aromatic heterocycles. The van der Waals surface area contributed by atoms with E-state index in [2.05, 4.69) is 14.8 Å². The molecular weight excluding hydrogens is 422 g/mol. The van der Waals surface area contributed by atoms with E-state index in [1.807, 2.05) is 0 Å². The van der Waals surface area contributed by atoms with Gasteiger partial charge in [-0.15, -0.1) is 11.6 Å². The summed E-state index contributed by atoms with van der Waals surface area (Å²) in [6.45, 7) is 0.198. The van der Waals surface area contributed by atoms with E-state index < -0.39 is 13.9 Å². The van der Waals surface area contributed by atoms with Gasteiger partial charge in [0, 0.05) is 29.6 Å². The smallest absolute Gasteiger partial charge is 0.389 e. The van der Waals surface area contributed by atoms with Crippen molar-refractivity contribution in [2.24, 2.45) is 0 Å². The molecule has 0 amide bonds. The van der Waals surface area contributed by atoms with Gasteiger partial charge in [0.1, 0.15) is 0 Å². The van der Waals surface area contributed by atoms with Gasteiger partial charge < -0.3 is 5.11 Å². The van der Waals surface area contributed by atoms with Gasteiger partial charge in [-0.2, -0.15) is 0 Å². The third kappa shape index (κ3) is 17.0. The first kappa shape index (κ1) is 29.2. The molecule has 1 aliphatic rings. The van der Waals surface area contributed by atoms with Gasteiger partial charge in [-0.1, -0.05) is 68.9 Å². The van der Waals surface area contributed by atoms with Crippen LogP contribution in [0.3, 0.4) is 0 Å². The SMILES string of the molecule is O=P1(OCC(O)CCl)OCCCCCCCCCCCCCCOOOO1.[Na]. The van der Waals surface area contributed by atoms with Crippen molar-refractivity contribution < 1.29 is 38.4 Å². The van der Waals surface area contributed by atoms with Gasteiger partial charge >= 0.3 is 7.82 Å². The van der Waals surface area contributed by atoms with Crippen LogP contribution in [-0.2, 0) is 33.3 Å². The standard InChI is InChI=1S/C17H34ClO8P.Na/c18-15-17(19)16-23-27(20)22-14-12-10-8-6-4-2-1-3-5-7-9-11-13-21-24-25-26-27;/h17,19H,1-16H2;. The van der Waals surface area contributed by atoms with Crippen molar-refractivity contribution in [3.63, 3.8) is 0 Å². The molecule has 0 aromatic rings. The number of hydrogen-bond acceptors (Lipinski definition) is 8. The van der Waals surface area contributed by atoms with Gasteiger partial charge in [-0.25, -0.2) is 9.45 Å². The van der Waals surface area contributed by atoms with Crippen LogP contribution in [-0.4, -0.2) is 66.5 Å². The van der Waals surface area contributed by atoms with E-state index in [0.29, 0.717) is 13.0 Å². The predicted octanol–water partition coefficient (Wildman–Crippen LogP) is 4.85. The number of aliphatic hydroxyl groups excluding tert-OH is 1. The topological polar surface area (TPSA) is 92.7 Å². The van der Waals surface area contributed by atoms with Crippen LogP contribution in [0, 0.1) is 0 Å². The van der Waals surface area contributed by atoms with Crippen LogP contribution in [0.25, 0.3) is 0 Å². The molecule has 0 aliphatic carbocycles. The summed E-state index contributed by atoms with van der Waals surface area (Å²) in [5, 5.41) is 18.2. The summed E-state index contributed by atoms with van der Waals surface area (Å²) >= 11 is 5.49. The summed E-state index contributed by atoms with van der Waals surface area (Å²) in [6.07, 6.45) is 12.4. The second kappa shape index (κ2) is 20.2. The second-order valence-electron chi connectivity index (χ2n) is 6.66. The molecular formula is C17H34ClNaO8P. The molecule has 1 saturated heterocycles. The minimum atomic E-state index is -4.05. The van der Waals surface area contributed by atoms with Gasteiger partial charge in [0.2, 0.25) is 0 Å². The Kier molecular flexibility index (Phi) is 21.1. The molecule has 0 bridgehead atoms. The molecule has 163 valence electrons. The van der Waals surface area contributed by atoms with Gasteiger partial charge in [-0.05, 0) is 22.9 Å². The van der Waals surface area contributed by atoms with Crippen molar-refractivity contribution in [2.45, 2.75) is 83.2 Å². The van der Waals surface area contributed by atoms with Crippen molar-refractivity contribution in [2.75, 3.05) is 25.7 Å². The fourth-order valence-electron chi connectivity index (χ4n) is 2.61. The van der Waals surface area contributed by atoms with Crippen molar-refractivity contribution in [3.05, 3.63) is 0 Å². The Hall–Kier alpha value is 1.24. The molecule has 1 N–H and O–H groups in total. The Morgan fingerprint density at radius 3 is 1.89 bits per heavy atom. The number of alkyl halides is 1. The van der Waals surface area contributed by atoms with Gasteiger partial charge in [0.15, 0.2) is 0 Å². The molecule has 0 spiro atoms. The van der Waals surface area contributed by atoms with Crippen molar-refractivity contribution in [3.8, 4) is 0 Å². The van der Waals surface area contributed by atoms with E-state index in [1.54, 1.807) is 0 Å². The second-order valence-corrected chi connectivity index (χ2v) is 8.53. The van der Waals surface area contributed by atoms with E-state index in [9.17, 15) is 9.67 Å². The zero-order valence-corrected chi connectivity index (χ0v) is 20.7. The van der Waals surface area contributed by atoms with E-state index in [1.165, 1.54) is 44.9 Å². The third-order valence-corrected chi connectivity index (χ3v) is 5.74. The number of aliphatic hydroxyl groups is 1. The first-order chi connectivity index (χ1) is 13.2. The number of phosphoric ester groups is 1. The number of halogens is 1. The van der Waals surface area contributed by atoms with Gasteiger partial charge in [-0.3, -0.25) is 9.05 Å². The van der Waals surface area contributed by atoms with Crippen LogP contribution in [0.2, 0.25) is 0 Å². The van der Waals surface area contributed by atoms with Crippen LogP contribution >= 0.6 is 19.4 Å². The van der Waals surface area contributed by atoms with Crippen molar-refractivity contribution in [1.82, 2.24) is 0 Å². The molecule has 1 rings (SSSR count). The quantitative estimate of drug-likeness (QED) is 0.278. The molecule has 1 aliphatic heterocycles. The van der Waals surface area contributed by atoms with Crippen LogP contribution in [0.4, 0.5) is 0 Å². The fraction of sp³-hybridized carbons (Fsp3) is 1.00. The monoisotopic (exact) mass is 455 g/mol. The molecule has 28 heavy (non-hydrogen) atoms. The molecule has 2 unspecified atom stereocenters. The zero-order chi connectivity index (χ0) is 19.6. The minimum absolute atomic E-state index is 0. The number of rotatable bonds is 4. The summed E-state index contributed by atoms with van der Waals surface area (Å²) in [7, 11) is -4.05. The molecule has 11 heteroatoms. The Bertz CT molecular complexity index is 370. The minimum Gasteiger partial charge on any atom is -0.389 e. The summed E-state index contributed by atoms with van der Waals surface area (Å²) in [4.78, 5) is 4.81. The average molecular weight is 456 g/mol. The van der Waals surface area contributed by atoms with Crippen LogP contribution in [0.15, 0.2) is 0 Å². The Morgan fingerprint density at radius 2 is 1.36 bits per heavy atom. The average Bonchev–Trinajstić information content (AvgIpc) is 2.67. The normalized spacial score (nSPS) is 26.6. The number of hydrogen-bond donors (Lipinski definition) is 1. The molecule has 0 saturated carbocycles. The Labute approximate surface area is 195 Å². The van der Waals surface area contributed by atoms with Crippen molar-refractivity contribution >= 4 is 49.0 Å². The maximum Gasteiger partial charge on any atom is 0.504 e. The van der Waals surface area contributed by atoms with E-state index in [0.717, 1.165) is 25.7 Å².